The third-order valence-electron chi connectivity index (χ3n) is 3.52. The Labute approximate surface area is 109 Å². The van der Waals surface area contributed by atoms with Crippen LogP contribution in [0.25, 0.3) is 0 Å². The molecule has 0 bridgehead atoms. The van der Waals surface area contributed by atoms with Gasteiger partial charge in [-0.05, 0) is 19.3 Å². The zero-order valence-corrected chi connectivity index (χ0v) is 11.7. The Morgan fingerprint density at radius 2 is 1.83 bits per heavy atom. The molecule has 0 aromatic heterocycles. The van der Waals surface area contributed by atoms with E-state index >= 15 is 0 Å². The van der Waals surface area contributed by atoms with E-state index in [9.17, 15) is 8.42 Å². The molecule has 0 aromatic carbocycles. The van der Waals surface area contributed by atoms with Crippen molar-refractivity contribution in [3.63, 3.8) is 0 Å². The molecule has 1 saturated carbocycles. The van der Waals surface area contributed by atoms with Crippen molar-refractivity contribution in [2.75, 3.05) is 31.8 Å². The molecular weight excluding hydrogens is 256 g/mol. The molecule has 18 heavy (non-hydrogen) atoms. The van der Waals surface area contributed by atoms with Gasteiger partial charge in [-0.15, -0.1) is 0 Å². The van der Waals surface area contributed by atoms with Gasteiger partial charge in [0, 0.05) is 25.7 Å². The van der Waals surface area contributed by atoms with Gasteiger partial charge < -0.3 is 14.2 Å². The number of hydrogen-bond donors (Lipinski definition) is 0. The standard InChI is InChI=1S/C12H22O5S/c1-18(13,14)10-2-7-15-11-3-5-12(6-4-11)16-8-9-17-12/h11H,2-10H2,1H3. The Kier molecular flexibility index (Phi) is 4.64. The highest BCUT2D eigenvalue weighted by Gasteiger charge is 2.40. The number of sulfone groups is 1. The van der Waals surface area contributed by atoms with Gasteiger partial charge in [0.25, 0.3) is 0 Å². The van der Waals surface area contributed by atoms with E-state index in [1.165, 1.54) is 6.26 Å². The fourth-order valence-electron chi connectivity index (χ4n) is 2.55. The summed E-state index contributed by atoms with van der Waals surface area (Å²) in [6.45, 7) is 1.91. The molecule has 2 fully saturated rings. The predicted octanol–water partition coefficient (Wildman–Crippen LogP) is 1.12. The molecule has 0 unspecified atom stereocenters. The van der Waals surface area contributed by atoms with Crippen LogP contribution in [0.5, 0.6) is 0 Å². The summed E-state index contributed by atoms with van der Waals surface area (Å²) < 4.78 is 38.9. The van der Waals surface area contributed by atoms with Gasteiger partial charge in [-0.3, -0.25) is 0 Å². The second kappa shape index (κ2) is 5.86. The van der Waals surface area contributed by atoms with Crippen LogP contribution in [0.4, 0.5) is 0 Å². The molecule has 0 atom stereocenters. The zero-order valence-electron chi connectivity index (χ0n) is 10.9. The maximum atomic E-state index is 11.0. The highest BCUT2D eigenvalue weighted by Crippen LogP contribution is 2.36. The molecule has 6 heteroatoms. The molecule has 0 N–H and O–H groups in total. The third kappa shape index (κ3) is 4.19. The lowest BCUT2D eigenvalue weighted by molar-refractivity contribution is -0.191. The van der Waals surface area contributed by atoms with Crippen molar-refractivity contribution in [1.29, 1.82) is 0 Å². The average molecular weight is 278 g/mol. The van der Waals surface area contributed by atoms with Crippen LogP contribution in [0.2, 0.25) is 0 Å². The van der Waals surface area contributed by atoms with Crippen LogP contribution in [0.3, 0.4) is 0 Å². The Hall–Kier alpha value is -0.170. The van der Waals surface area contributed by atoms with Gasteiger partial charge in [0.2, 0.25) is 0 Å². The normalized spacial score (nSPS) is 24.7. The predicted molar refractivity (Wildman–Crippen MR) is 67.2 cm³/mol. The zero-order chi connectivity index (χ0) is 13.1. The molecular formula is C12H22O5S. The Bertz CT molecular complexity index is 349. The highest BCUT2D eigenvalue weighted by molar-refractivity contribution is 7.90. The lowest BCUT2D eigenvalue weighted by Gasteiger charge is -2.35. The van der Waals surface area contributed by atoms with Crippen molar-refractivity contribution in [1.82, 2.24) is 0 Å². The van der Waals surface area contributed by atoms with E-state index in [1.807, 2.05) is 0 Å². The summed E-state index contributed by atoms with van der Waals surface area (Å²) in [5.41, 5.74) is 0. The van der Waals surface area contributed by atoms with Crippen LogP contribution in [-0.2, 0) is 24.0 Å². The first-order valence-corrected chi connectivity index (χ1v) is 8.62. The van der Waals surface area contributed by atoms with E-state index in [2.05, 4.69) is 0 Å². The molecule has 106 valence electrons. The fourth-order valence-corrected chi connectivity index (χ4v) is 3.20. The summed E-state index contributed by atoms with van der Waals surface area (Å²) in [4.78, 5) is 0. The average Bonchev–Trinajstić information content (AvgIpc) is 2.75. The maximum Gasteiger partial charge on any atom is 0.168 e. The Balaban J connectivity index is 1.62. The maximum absolute atomic E-state index is 11.0. The second-order valence-electron chi connectivity index (χ2n) is 5.16. The molecule has 0 radical (unpaired) electrons. The van der Waals surface area contributed by atoms with Crippen molar-refractivity contribution in [3.05, 3.63) is 0 Å². The molecule has 2 rings (SSSR count). The van der Waals surface area contributed by atoms with Crippen molar-refractivity contribution < 1.29 is 22.6 Å². The van der Waals surface area contributed by atoms with Gasteiger partial charge in [0.15, 0.2) is 5.79 Å². The number of hydrogen-bond acceptors (Lipinski definition) is 5. The number of rotatable bonds is 5. The van der Waals surface area contributed by atoms with Gasteiger partial charge >= 0.3 is 0 Å². The fraction of sp³-hybridized carbons (Fsp3) is 1.00. The van der Waals surface area contributed by atoms with Crippen molar-refractivity contribution in [2.45, 2.75) is 44.0 Å². The molecule has 0 amide bonds. The van der Waals surface area contributed by atoms with Gasteiger partial charge in [-0.2, -0.15) is 0 Å². The van der Waals surface area contributed by atoms with Crippen molar-refractivity contribution in [2.24, 2.45) is 0 Å². The van der Waals surface area contributed by atoms with Crippen LogP contribution in [0.1, 0.15) is 32.1 Å². The molecule has 1 aliphatic heterocycles. The third-order valence-corrected chi connectivity index (χ3v) is 4.55. The van der Waals surface area contributed by atoms with E-state index in [4.69, 9.17) is 14.2 Å². The van der Waals surface area contributed by atoms with Crippen LogP contribution in [0.15, 0.2) is 0 Å². The minimum absolute atomic E-state index is 0.204. The first-order chi connectivity index (χ1) is 8.49. The summed E-state index contributed by atoms with van der Waals surface area (Å²) in [6.07, 6.45) is 5.67. The van der Waals surface area contributed by atoms with E-state index in [0.29, 0.717) is 26.2 Å². The molecule has 1 saturated heterocycles. The lowest BCUT2D eigenvalue weighted by atomic mass is 9.92. The Morgan fingerprint density at radius 1 is 1.22 bits per heavy atom. The van der Waals surface area contributed by atoms with Crippen LogP contribution in [0, 0.1) is 0 Å². The first-order valence-electron chi connectivity index (χ1n) is 6.56. The molecule has 2 aliphatic rings. The van der Waals surface area contributed by atoms with Gasteiger partial charge in [-0.1, -0.05) is 0 Å². The minimum atomic E-state index is -2.87. The first kappa shape index (κ1) is 14.2. The molecule has 5 nitrogen and oxygen atoms in total. The van der Waals surface area contributed by atoms with Gasteiger partial charge in [0.1, 0.15) is 9.84 Å². The number of ether oxygens (including phenoxy) is 3. The second-order valence-corrected chi connectivity index (χ2v) is 7.42. The molecule has 0 aromatic rings. The summed E-state index contributed by atoms with van der Waals surface area (Å²) in [5.74, 6) is -0.136. The molecule has 1 aliphatic carbocycles. The molecule has 1 spiro atoms. The minimum Gasteiger partial charge on any atom is -0.378 e. The van der Waals surface area contributed by atoms with E-state index in [-0.39, 0.29) is 17.6 Å². The largest absolute Gasteiger partial charge is 0.378 e. The van der Waals surface area contributed by atoms with Crippen molar-refractivity contribution >= 4 is 9.84 Å². The summed E-state index contributed by atoms with van der Waals surface area (Å²) >= 11 is 0. The van der Waals surface area contributed by atoms with Gasteiger partial charge in [-0.25, -0.2) is 8.42 Å². The van der Waals surface area contributed by atoms with Crippen molar-refractivity contribution in [3.8, 4) is 0 Å². The topological polar surface area (TPSA) is 61.8 Å². The quantitative estimate of drug-likeness (QED) is 0.705. The monoisotopic (exact) mass is 278 g/mol. The summed E-state index contributed by atoms with van der Waals surface area (Å²) in [5, 5.41) is 0. The van der Waals surface area contributed by atoms with Gasteiger partial charge in [0.05, 0.1) is 25.1 Å². The summed E-state index contributed by atoms with van der Waals surface area (Å²) in [7, 11) is -2.87. The summed E-state index contributed by atoms with van der Waals surface area (Å²) in [6, 6.07) is 0. The van der Waals surface area contributed by atoms with E-state index in [0.717, 1.165) is 25.7 Å². The SMILES string of the molecule is CS(=O)(=O)CCCOC1CCC2(CC1)OCCO2. The van der Waals surface area contributed by atoms with Crippen LogP contribution < -0.4 is 0 Å². The highest BCUT2D eigenvalue weighted by atomic mass is 32.2. The van der Waals surface area contributed by atoms with E-state index in [1.54, 1.807) is 0 Å². The van der Waals surface area contributed by atoms with Crippen LogP contribution in [-0.4, -0.2) is 52.1 Å². The smallest absolute Gasteiger partial charge is 0.168 e. The molecule has 1 heterocycles. The van der Waals surface area contributed by atoms with Crippen LogP contribution >= 0.6 is 0 Å². The Morgan fingerprint density at radius 3 is 2.39 bits per heavy atom. The van der Waals surface area contributed by atoms with E-state index < -0.39 is 9.84 Å². The lowest BCUT2D eigenvalue weighted by Crippen LogP contribution is -2.37.